The number of nitrogens with zero attached hydrogens (tertiary/aromatic N) is 3. The molecular formula is C26H26N4O2S. The molecule has 0 spiro atoms. The highest BCUT2D eigenvalue weighted by Gasteiger charge is 2.36. The standard InChI is InChI=1S/C26H26N4O2S/c31-33(32,29-17-16-27-19-24(29)18-21-10-4-1-5-11-21)25-20-28-30(23-14-8-3-9-15-23)26(25)22-12-6-2-7-13-22/h1-15,20,24,27H,16-19H2/t24-/m1/s1. The van der Waals surface area contributed by atoms with E-state index in [2.05, 4.69) is 10.4 Å². The second-order valence-corrected chi connectivity index (χ2v) is 9.99. The molecule has 6 nitrogen and oxygen atoms in total. The number of rotatable bonds is 6. The number of hydrogen-bond acceptors (Lipinski definition) is 4. The van der Waals surface area contributed by atoms with Crippen LogP contribution in [-0.4, -0.2) is 48.2 Å². The van der Waals surface area contributed by atoms with Gasteiger partial charge in [0.15, 0.2) is 0 Å². The number of hydrogen-bond donors (Lipinski definition) is 1. The SMILES string of the molecule is O=S(=O)(c1cnn(-c2ccccc2)c1-c1ccccc1)N1CCNC[C@H]1Cc1ccccc1. The summed E-state index contributed by atoms with van der Waals surface area (Å²) in [6, 6.07) is 29.1. The Balaban J connectivity index is 1.59. The summed E-state index contributed by atoms with van der Waals surface area (Å²) in [6.07, 6.45) is 2.15. The van der Waals surface area contributed by atoms with Crippen LogP contribution in [0.15, 0.2) is 102 Å². The minimum Gasteiger partial charge on any atom is -0.314 e. The van der Waals surface area contributed by atoms with Crippen LogP contribution in [0.2, 0.25) is 0 Å². The monoisotopic (exact) mass is 458 g/mol. The molecule has 168 valence electrons. The second kappa shape index (κ2) is 9.31. The fourth-order valence-corrected chi connectivity index (χ4v) is 6.15. The molecule has 1 aliphatic rings. The first-order valence-electron chi connectivity index (χ1n) is 11.1. The van der Waals surface area contributed by atoms with Crippen LogP contribution >= 0.6 is 0 Å². The highest BCUT2D eigenvalue weighted by atomic mass is 32.2. The lowest BCUT2D eigenvalue weighted by Crippen LogP contribution is -2.54. The molecule has 1 aliphatic heterocycles. The maximum absolute atomic E-state index is 14.1. The molecule has 1 atom stereocenters. The molecular weight excluding hydrogens is 432 g/mol. The van der Waals surface area contributed by atoms with Crippen LogP contribution in [0.4, 0.5) is 0 Å². The molecule has 1 N–H and O–H groups in total. The zero-order chi connectivity index (χ0) is 22.7. The van der Waals surface area contributed by atoms with Gasteiger partial charge in [-0.1, -0.05) is 78.9 Å². The first-order valence-corrected chi connectivity index (χ1v) is 12.5. The highest BCUT2D eigenvalue weighted by molar-refractivity contribution is 7.89. The molecule has 1 saturated heterocycles. The fourth-order valence-electron chi connectivity index (χ4n) is 4.39. The lowest BCUT2D eigenvalue weighted by Gasteiger charge is -2.35. The molecule has 0 radical (unpaired) electrons. The molecule has 1 fully saturated rings. The second-order valence-electron chi connectivity index (χ2n) is 8.13. The molecule has 0 amide bonds. The van der Waals surface area contributed by atoms with Gasteiger partial charge in [-0.3, -0.25) is 0 Å². The van der Waals surface area contributed by atoms with E-state index in [1.807, 2.05) is 91.0 Å². The lowest BCUT2D eigenvalue weighted by atomic mass is 10.1. The van der Waals surface area contributed by atoms with Gasteiger partial charge in [0.05, 0.1) is 17.6 Å². The molecule has 0 saturated carbocycles. The summed E-state index contributed by atoms with van der Waals surface area (Å²) < 4.78 is 31.5. The highest BCUT2D eigenvalue weighted by Crippen LogP contribution is 2.33. The average molecular weight is 459 g/mol. The predicted octanol–water partition coefficient (Wildman–Crippen LogP) is 3.74. The van der Waals surface area contributed by atoms with Gasteiger partial charge in [0.1, 0.15) is 4.90 Å². The molecule has 7 heteroatoms. The summed E-state index contributed by atoms with van der Waals surface area (Å²) in [7, 11) is -3.79. The van der Waals surface area contributed by atoms with Crippen molar-refractivity contribution in [1.29, 1.82) is 0 Å². The van der Waals surface area contributed by atoms with Crippen LogP contribution in [-0.2, 0) is 16.4 Å². The molecule has 33 heavy (non-hydrogen) atoms. The summed E-state index contributed by atoms with van der Waals surface area (Å²) in [5.74, 6) is 0. The van der Waals surface area contributed by atoms with Gasteiger partial charge in [-0.2, -0.15) is 9.40 Å². The van der Waals surface area contributed by atoms with Gasteiger partial charge in [0.2, 0.25) is 10.0 Å². The van der Waals surface area contributed by atoms with Crippen LogP contribution < -0.4 is 5.32 Å². The van der Waals surface area contributed by atoms with Crippen molar-refractivity contribution in [2.45, 2.75) is 17.4 Å². The van der Waals surface area contributed by atoms with E-state index in [0.717, 1.165) is 16.8 Å². The Morgan fingerprint density at radius 3 is 2.21 bits per heavy atom. The summed E-state index contributed by atoms with van der Waals surface area (Å²) in [5.41, 5.74) is 3.33. The van der Waals surface area contributed by atoms with Crippen molar-refractivity contribution in [2.24, 2.45) is 0 Å². The first kappa shape index (κ1) is 21.6. The molecule has 1 aromatic heterocycles. The van der Waals surface area contributed by atoms with Crippen LogP contribution in [0, 0.1) is 0 Å². The molecule has 4 aromatic rings. The van der Waals surface area contributed by atoms with Crippen molar-refractivity contribution in [3.05, 3.63) is 103 Å². The smallest absolute Gasteiger partial charge is 0.247 e. The predicted molar refractivity (Wildman–Crippen MR) is 130 cm³/mol. The Morgan fingerprint density at radius 2 is 1.52 bits per heavy atom. The third-order valence-corrected chi connectivity index (χ3v) is 7.93. The van der Waals surface area contributed by atoms with Gasteiger partial charge in [-0.25, -0.2) is 13.1 Å². The first-order chi connectivity index (χ1) is 16.1. The third-order valence-electron chi connectivity index (χ3n) is 5.98. The van der Waals surface area contributed by atoms with Crippen LogP contribution in [0.25, 0.3) is 16.9 Å². The third kappa shape index (κ3) is 4.35. The van der Waals surface area contributed by atoms with E-state index < -0.39 is 10.0 Å². The van der Waals surface area contributed by atoms with Crippen molar-refractivity contribution in [3.8, 4) is 16.9 Å². The number of sulfonamides is 1. The summed E-state index contributed by atoms with van der Waals surface area (Å²) in [5, 5.41) is 7.89. The largest absolute Gasteiger partial charge is 0.314 e. The number of piperazine rings is 1. The Kier molecular flexibility index (Phi) is 6.09. The summed E-state index contributed by atoms with van der Waals surface area (Å²) in [4.78, 5) is 0.234. The van der Waals surface area contributed by atoms with Crippen molar-refractivity contribution < 1.29 is 8.42 Å². The zero-order valence-electron chi connectivity index (χ0n) is 18.2. The minimum atomic E-state index is -3.79. The molecule has 0 unspecified atom stereocenters. The van der Waals surface area contributed by atoms with Crippen molar-refractivity contribution in [2.75, 3.05) is 19.6 Å². The van der Waals surface area contributed by atoms with Gasteiger partial charge < -0.3 is 5.32 Å². The Hall–Kier alpha value is -3.26. The summed E-state index contributed by atoms with van der Waals surface area (Å²) >= 11 is 0. The maximum Gasteiger partial charge on any atom is 0.247 e. The quantitative estimate of drug-likeness (QED) is 0.478. The number of nitrogens with one attached hydrogen (secondary N) is 1. The molecule has 3 aromatic carbocycles. The average Bonchev–Trinajstić information content (AvgIpc) is 3.32. The van der Waals surface area contributed by atoms with Crippen LogP contribution in [0.3, 0.4) is 0 Å². The number of aromatic nitrogens is 2. The van der Waals surface area contributed by atoms with E-state index in [9.17, 15) is 8.42 Å². The molecule has 0 bridgehead atoms. The normalized spacial score (nSPS) is 17.2. The Bertz CT molecular complexity index is 1310. The van der Waals surface area contributed by atoms with Gasteiger partial charge in [0, 0.05) is 31.2 Å². The van der Waals surface area contributed by atoms with Crippen molar-refractivity contribution in [1.82, 2.24) is 19.4 Å². The Morgan fingerprint density at radius 1 is 0.879 bits per heavy atom. The van der Waals surface area contributed by atoms with E-state index in [1.165, 1.54) is 6.20 Å². The van der Waals surface area contributed by atoms with Crippen LogP contribution in [0.5, 0.6) is 0 Å². The van der Waals surface area contributed by atoms with E-state index in [0.29, 0.717) is 31.7 Å². The van der Waals surface area contributed by atoms with E-state index in [1.54, 1.807) is 8.99 Å². The minimum absolute atomic E-state index is 0.171. The fraction of sp³-hybridized carbons (Fsp3) is 0.192. The van der Waals surface area contributed by atoms with Crippen molar-refractivity contribution in [3.63, 3.8) is 0 Å². The molecule has 0 aliphatic carbocycles. The molecule has 5 rings (SSSR count). The summed E-state index contributed by atoms with van der Waals surface area (Å²) in [6.45, 7) is 1.66. The van der Waals surface area contributed by atoms with Crippen molar-refractivity contribution >= 4 is 10.0 Å². The lowest BCUT2D eigenvalue weighted by molar-refractivity contribution is 0.266. The van der Waals surface area contributed by atoms with Gasteiger partial charge in [0.25, 0.3) is 0 Å². The van der Waals surface area contributed by atoms with Gasteiger partial charge in [-0.05, 0) is 24.1 Å². The van der Waals surface area contributed by atoms with E-state index in [-0.39, 0.29) is 10.9 Å². The molecule has 2 heterocycles. The maximum atomic E-state index is 14.1. The zero-order valence-corrected chi connectivity index (χ0v) is 19.0. The number of para-hydroxylation sites is 1. The number of benzene rings is 3. The van der Waals surface area contributed by atoms with Crippen LogP contribution in [0.1, 0.15) is 5.56 Å². The van der Waals surface area contributed by atoms with E-state index >= 15 is 0 Å². The Labute approximate surface area is 194 Å². The van der Waals surface area contributed by atoms with E-state index in [4.69, 9.17) is 0 Å². The topological polar surface area (TPSA) is 67.2 Å². The van der Waals surface area contributed by atoms with Gasteiger partial charge in [-0.15, -0.1) is 0 Å². The van der Waals surface area contributed by atoms with Gasteiger partial charge >= 0.3 is 0 Å².